The number of benzene rings is 3. The Kier molecular flexibility index (Phi) is 11.7. The lowest BCUT2D eigenvalue weighted by Crippen LogP contribution is -2.52. The molecule has 0 heterocycles. The van der Waals surface area contributed by atoms with Crippen LogP contribution in [-0.4, -0.2) is 50.0 Å². The van der Waals surface area contributed by atoms with Crippen LogP contribution in [0, 0.1) is 19.7 Å². The fraction of sp³-hybridized carbons (Fsp3) is 0.394. The van der Waals surface area contributed by atoms with E-state index in [0.717, 1.165) is 22.9 Å². The molecule has 0 saturated heterocycles. The number of amides is 2. The molecule has 0 unspecified atom stereocenters. The van der Waals surface area contributed by atoms with Crippen LogP contribution in [0.2, 0.25) is 0 Å². The Balaban J connectivity index is 1.92. The number of carbonyl (C=O) groups excluding carboxylic acids is 2. The highest BCUT2D eigenvalue weighted by Gasteiger charge is 2.31. The summed E-state index contributed by atoms with van der Waals surface area (Å²) < 4.78 is 41.6. The van der Waals surface area contributed by atoms with Gasteiger partial charge in [0.2, 0.25) is 21.8 Å². The summed E-state index contributed by atoms with van der Waals surface area (Å²) >= 11 is 0. The van der Waals surface area contributed by atoms with E-state index in [4.69, 9.17) is 0 Å². The lowest BCUT2D eigenvalue weighted by atomic mass is 10.0. The first-order valence-corrected chi connectivity index (χ1v) is 16.2. The molecule has 0 aromatic heterocycles. The zero-order valence-electron chi connectivity index (χ0n) is 25.1. The van der Waals surface area contributed by atoms with Crippen molar-refractivity contribution in [3.05, 3.63) is 101 Å². The number of carbonyl (C=O) groups is 2. The molecule has 2 amide bonds. The van der Waals surface area contributed by atoms with Crippen molar-refractivity contribution in [2.75, 3.05) is 17.1 Å². The van der Waals surface area contributed by atoms with Gasteiger partial charge >= 0.3 is 0 Å². The van der Waals surface area contributed by atoms with E-state index in [1.54, 1.807) is 30.3 Å². The summed E-state index contributed by atoms with van der Waals surface area (Å²) in [7, 11) is -3.62. The quantitative estimate of drug-likeness (QED) is 0.265. The van der Waals surface area contributed by atoms with Gasteiger partial charge in [0, 0.05) is 37.5 Å². The van der Waals surface area contributed by atoms with E-state index in [2.05, 4.69) is 5.32 Å². The molecule has 0 aliphatic carbocycles. The van der Waals surface area contributed by atoms with Crippen molar-refractivity contribution in [1.29, 1.82) is 0 Å². The predicted octanol–water partition coefficient (Wildman–Crippen LogP) is 5.54. The molecule has 9 heteroatoms. The maximum atomic E-state index is 14.8. The van der Waals surface area contributed by atoms with Crippen molar-refractivity contribution in [3.63, 3.8) is 0 Å². The molecule has 0 saturated carbocycles. The summed E-state index contributed by atoms with van der Waals surface area (Å²) in [6, 6.07) is 20.1. The number of hydrogen-bond donors (Lipinski definition) is 1. The Bertz CT molecular complexity index is 1460. The molecule has 0 radical (unpaired) electrons. The van der Waals surface area contributed by atoms with Gasteiger partial charge in [0.1, 0.15) is 11.9 Å². The van der Waals surface area contributed by atoms with Crippen molar-refractivity contribution in [2.45, 2.75) is 72.0 Å². The van der Waals surface area contributed by atoms with Crippen LogP contribution in [0.4, 0.5) is 10.1 Å². The number of hydrogen-bond acceptors (Lipinski definition) is 4. The minimum Gasteiger partial charge on any atom is -0.352 e. The Hall–Kier alpha value is -3.72. The van der Waals surface area contributed by atoms with Crippen LogP contribution in [0.15, 0.2) is 72.8 Å². The molecule has 3 rings (SSSR count). The highest BCUT2D eigenvalue weighted by molar-refractivity contribution is 7.92. The summed E-state index contributed by atoms with van der Waals surface area (Å²) in [4.78, 5) is 29.0. The summed E-state index contributed by atoms with van der Waals surface area (Å²) in [5.74, 6) is -1.13. The minimum atomic E-state index is -3.62. The average molecular weight is 596 g/mol. The standard InChI is InChI=1S/C33H42FN3O4S/c1-6-25(3)35-33(39)31(22-27-15-8-7-9-16-27)36(23-28-17-10-11-18-29(28)34)32(38)20-13-21-37(42(5,40)41)30-19-12-14-24(2)26(30)4/h7-12,14-19,25,31H,6,13,20-23H2,1-5H3,(H,35,39)/t25-,31-/m0/s1. The first kappa shape index (κ1) is 32.8. The van der Waals surface area contributed by atoms with Crippen molar-refractivity contribution in [2.24, 2.45) is 0 Å². The van der Waals surface area contributed by atoms with Crippen LogP contribution >= 0.6 is 0 Å². The van der Waals surface area contributed by atoms with Gasteiger partial charge in [-0.25, -0.2) is 12.8 Å². The van der Waals surface area contributed by atoms with Gasteiger partial charge in [0.05, 0.1) is 11.9 Å². The van der Waals surface area contributed by atoms with Crippen LogP contribution in [-0.2, 0) is 32.6 Å². The van der Waals surface area contributed by atoms with E-state index >= 15 is 0 Å². The molecule has 0 aliphatic heterocycles. The topological polar surface area (TPSA) is 86.8 Å². The third-order valence-electron chi connectivity index (χ3n) is 7.57. The molecule has 7 nitrogen and oxygen atoms in total. The van der Waals surface area contributed by atoms with Crippen LogP contribution in [0.1, 0.15) is 55.4 Å². The van der Waals surface area contributed by atoms with Gasteiger partial charge in [-0.15, -0.1) is 0 Å². The zero-order chi connectivity index (χ0) is 30.9. The molecule has 2 atom stereocenters. The van der Waals surface area contributed by atoms with Crippen LogP contribution in [0.25, 0.3) is 0 Å². The van der Waals surface area contributed by atoms with Gasteiger partial charge in [-0.2, -0.15) is 0 Å². The van der Waals surface area contributed by atoms with Crippen molar-refractivity contribution in [3.8, 4) is 0 Å². The molecule has 226 valence electrons. The van der Waals surface area contributed by atoms with E-state index in [-0.39, 0.29) is 50.2 Å². The van der Waals surface area contributed by atoms with Crippen molar-refractivity contribution >= 4 is 27.5 Å². The molecular formula is C33H42FN3O4S. The van der Waals surface area contributed by atoms with E-state index in [9.17, 15) is 22.4 Å². The fourth-order valence-electron chi connectivity index (χ4n) is 4.79. The highest BCUT2D eigenvalue weighted by atomic mass is 32.2. The Morgan fingerprint density at radius 1 is 0.952 bits per heavy atom. The molecule has 0 aliphatic rings. The molecule has 0 spiro atoms. The molecule has 42 heavy (non-hydrogen) atoms. The number of aryl methyl sites for hydroxylation is 1. The predicted molar refractivity (Wildman–Crippen MR) is 166 cm³/mol. The van der Waals surface area contributed by atoms with Gasteiger partial charge < -0.3 is 10.2 Å². The van der Waals surface area contributed by atoms with E-state index in [0.29, 0.717) is 17.7 Å². The number of anilines is 1. The number of halogens is 1. The van der Waals surface area contributed by atoms with Gasteiger partial charge in [-0.1, -0.05) is 67.6 Å². The smallest absolute Gasteiger partial charge is 0.243 e. The second kappa shape index (κ2) is 15.0. The molecular weight excluding hydrogens is 553 g/mol. The first-order valence-electron chi connectivity index (χ1n) is 14.3. The van der Waals surface area contributed by atoms with Crippen LogP contribution < -0.4 is 9.62 Å². The number of sulfonamides is 1. The summed E-state index contributed by atoms with van der Waals surface area (Å²) in [5.41, 5.74) is 3.55. The first-order chi connectivity index (χ1) is 19.9. The van der Waals surface area contributed by atoms with Gasteiger partial charge in [0.25, 0.3) is 0 Å². The van der Waals surface area contributed by atoms with Crippen LogP contribution in [0.3, 0.4) is 0 Å². The van der Waals surface area contributed by atoms with Crippen molar-refractivity contribution < 1.29 is 22.4 Å². The molecule has 3 aromatic rings. The third kappa shape index (κ3) is 8.89. The highest BCUT2D eigenvalue weighted by Crippen LogP contribution is 2.26. The normalized spacial score (nSPS) is 12.8. The lowest BCUT2D eigenvalue weighted by Gasteiger charge is -2.33. The van der Waals surface area contributed by atoms with E-state index < -0.39 is 21.9 Å². The maximum absolute atomic E-state index is 14.8. The molecule has 3 aromatic carbocycles. The Labute approximate surface area is 249 Å². The fourth-order valence-corrected chi connectivity index (χ4v) is 5.81. The SMILES string of the molecule is CC[C@H](C)NC(=O)[C@H](Cc1ccccc1)N(Cc1ccccc1F)C(=O)CCCN(c1cccc(C)c1C)S(C)(=O)=O. The largest absolute Gasteiger partial charge is 0.352 e. The maximum Gasteiger partial charge on any atom is 0.243 e. The summed E-state index contributed by atoms with van der Waals surface area (Å²) in [5, 5.41) is 3.00. The van der Waals surface area contributed by atoms with Gasteiger partial charge in [-0.3, -0.25) is 13.9 Å². The van der Waals surface area contributed by atoms with Gasteiger partial charge in [0.15, 0.2) is 0 Å². The third-order valence-corrected chi connectivity index (χ3v) is 8.75. The van der Waals surface area contributed by atoms with Crippen molar-refractivity contribution in [1.82, 2.24) is 10.2 Å². The van der Waals surface area contributed by atoms with Gasteiger partial charge in [-0.05, 0) is 62.4 Å². The summed E-state index contributed by atoms with van der Waals surface area (Å²) in [6.45, 7) is 7.64. The number of nitrogens with zero attached hydrogens (tertiary/aromatic N) is 2. The zero-order valence-corrected chi connectivity index (χ0v) is 26.0. The number of nitrogens with one attached hydrogen (secondary N) is 1. The monoisotopic (exact) mass is 595 g/mol. The summed E-state index contributed by atoms with van der Waals surface area (Å²) in [6.07, 6.45) is 2.31. The van der Waals surface area contributed by atoms with Crippen LogP contribution in [0.5, 0.6) is 0 Å². The number of rotatable bonds is 14. The lowest BCUT2D eigenvalue weighted by molar-refractivity contribution is -0.141. The average Bonchev–Trinajstić information content (AvgIpc) is 2.95. The second-order valence-corrected chi connectivity index (χ2v) is 12.7. The molecule has 0 bridgehead atoms. The van der Waals surface area contributed by atoms with E-state index in [1.807, 2.05) is 64.1 Å². The Morgan fingerprint density at radius 2 is 1.62 bits per heavy atom. The second-order valence-electron chi connectivity index (χ2n) is 10.8. The molecule has 1 N–H and O–H groups in total. The van der Waals surface area contributed by atoms with E-state index in [1.165, 1.54) is 15.3 Å². The minimum absolute atomic E-state index is 0.0206. The Morgan fingerprint density at radius 3 is 2.26 bits per heavy atom. The molecule has 0 fully saturated rings.